The molecule has 0 unspecified atom stereocenters. The summed E-state index contributed by atoms with van der Waals surface area (Å²) in [6.45, 7) is 0.451. The van der Waals surface area contributed by atoms with E-state index in [1.165, 1.54) is 23.1 Å². The molecule has 0 bridgehead atoms. The van der Waals surface area contributed by atoms with Gasteiger partial charge in [-0.1, -0.05) is 11.6 Å². The third-order valence-corrected chi connectivity index (χ3v) is 3.73. The van der Waals surface area contributed by atoms with Crippen molar-refractivity contribution in [3.05, 3.63) is 21.3 Å². The number of hydrogen-bond donors (Lipinski definition) is 2. The van der Waals surface area contributed by atoms with Gasteiger partial charge in [-0.15, -0.1) is 23.1 Å². The Morgan fingerprint density at radius 3 is 2.81 bits per heavy atom. The lowest BCUT2D eigenvalue weighted by molar-refractivity contribution is -0.133. The van der Waals surface area contributed by atoms with Gasteiger partial charge in [-0.05, 0) is 12.1 Å². The Balaban J connectivity index is 2.18. The number of halogens is 1. The van der Waals surface area contributed by atoms with Crippen LogP contribution in [0.5, 0.6) is 0 Å². The van der Waals surface area contributed by atoms with E-state index in [1.54, 1.807) is 12.1 Å². The molecule has 0 aliphatic rings. The van der Waals surface area contributed by atoms with Gasteiger partial charge in [0.25, 0.3) is 5.91 Å². The Bertz CT molecular complexity index is 381. The van der Waals surface area contributed by atoms with Gasteiger partial charge >= 0.3 is 5.97 Å². The van der Waals surface area contributed by atoms with E-state index in [-0.39, 0.29) is 11.7 Å². The van der Waals surface area contributed by atoms with Crippen molar-refractivity contribution in [2.45, 2.75) is 0 Å². The average Bonchev–Trinajstić information content (AvgIpc) is 2.63. The maximum Gasteiger partial charge on any atom is 0.313 e. The summed E-state index contributed by atoms with van der Waals surface area (Å²) in [4.78, 5) is 22.2. The number of hydrogen-bond acceptors (Lipinski definition) is 4. The summed E-state index contributed by atoms with van der Waals surface area (Å²) in [5.74, 6) is -0.383. The molecule has 0 spiro atoms. The van der Waals surface area contributed by atoms with Crippen molar-refractivity contribution in [1.29, 1.82) is 0 Å². The highest BCUT2D eigenvalue weighted by Gasteiger charge is 2.07. The van der Waals surface area contributed by atoms with Crippen LogP contribution in [-0.2, 0) is 4.79 Å². The van der Waals surface area contributed by atoms with Crippen LogP contribution in [0.25, 0.3) is 0 Å². The van der Waals surface area contributed by atoms with E-state index in [9.17, 15) is 9.59 Å². The second-order valence-electron chi connectivity index (χ2n) is 2.81. The van der Waals surface area contributed by atoms with Crippen molar-refractivity contribution in [3.63, 3.8) is 0 Å². The Morgan fingerprint density at radius 2 is 2.25 bits per heavy atom. The molecule has 1 heterocycles. The molecule has 1 aromatic heterocycles. The van der Waals surface area contributed by atoms with Crippen molar-refractivity contribution in [1.82, 2.24) is 5.32 Å². The lowest BCUT2D eigenvalue weighted by Crippen LogP contribution is -2.25. The lowest BCUT2D eigenvalue weighted by atomic mass is 10.4. The number of thioether (sulfide) groups is 1. The van der Waals surface area contributed by atoms with Gasteiger partial charge in [-0.2, -0.15) is 0 Å². The van der Waals surface area contributed by atoms with Gasteiger partial charge in [0.05, 0.1) is 15.0 Å². The van der Waals surface area contributed by atoms with Crippen LogP contribution in [0.1, 0.15) is 9.67 Å². The molecule has 88 valence electrons. The van der Waals surface area contributed by atoms with Crippen LogP contribution in [0.3, 0.4) is 0 Å². The first-order valence-electron chi connectivity index (χ1n) is 4.42. The Morgan fingerprint density at radius 1 is 1.50 bits per heavy atom. The van der Waals surface area contributed by atoms with Gasteiger partial charge in [-0.3, -0.25) is 9.59 Å². The second-order valence-corrected chi connectivity index (χ2v) is 5.63. The van der Waals surface area contributed by atoms with Gasteiger partial charge in [0, 0.05) is 12.3 Å². The molecular weight excluding hydrogens is 270 g/mol. The van der Waals surface area contributed by atoms with Crippen LogP contribution in [0.2, 0.25) is 4.34 Å². The van der Waals surface area contributed by atoms with E-state index in [2.05, 4.69) is 5.32 Å². The molecule has 0 atom stereocenters. The first-order valence-corrected chi connectivity index (χ1v) is 6.77. The zero-order valence-electron chi connectivity index (χ0n) is 8.23. The lowest BCUT2D eigenvalue weighted by Gasteiger charge is -2.01. The zero-order chi connectivity index (χ0) is 12.0. The van der Waals surface area contributed by atoms with E-state index in [0.29, 0.717) is 21.5 Å². The minimum atomic E-state index is -0.846. The van der Waals surface area contributed by atoms with Gasteiger partial charge in [0.15, 0.2) is 0 Å². The third kappa shape index (κ3) is 4.87. The number of amides is 1. The number of aliphatic carboxylic acids is 1. The van der Waals surface area contributed by atoms with Crippen LogP contribution in [0.4, 0.5) is 0 Å². The molecule has 0 saturated carbocycles. The summed E-state index contributed by atoms with van der Waals surface area (Å²) >= 11 is 8.18. The van der Waals surface area contributed by atoms with E-state index in [4.69, 9.17) is 16.7 Å². The minimum absolute atomic E-state index is 0.0563. The molecule has 7 heteroatoms. The van der Waals surface area contributed by atoms with Gasteiger partial charge in [-0.25, -0.2) is 0 Å². The van der Waals surface area contributed by atoms with E-state index in [1.807, 2.05) is 0 Å². The molecule has 16 heavy (non-hydrogen) atoms. The summed E-state index contributed by atoms with van der Waals surface area (Å²) in [5.41, 5.74) is 0. The van der Waals surface area contributed by atoms with Crippen LogP contribution in [0, 0.1) is 0 Å². The van der Waals surface area contributed by atoms with Gasteiger partial charge < -0.3 is 10.4 Å². The predicted octanol–water partition coefficient (Wildman–Crippen LogP) is 1.95. The number of carbonyl (C=O) groups excluding carboxylic acids is 1. The molecule has 0 radical (unpaired) electrons. The zero-order valence-corrected chi connectivity index (χ0v) is 10.6. The monoisotopic (exact) mass is 279 g/mol. The molecule has 0 saturated heterocycles. The topological polar surface area (TPSA) is 66.4 Å². The van der Waals surface area contributed by atoms with Crippen LogP contribution >= 0.6 is 34.7 Å². The molecular formula is C9H10ClNO3S2. The number of carboxylic acids is 1. The predicted molar refractivity (Wildman–Crippen MR) is 66.6 cm³/mol. The average molecular weight is 280 g/mol. The van der Waals surface area contributed by atoms with Gasteiger partial charge in [0.2, 0.25) is 0 Å². The fourth-order valence-corrected chi connectivity index (χ4v) is 2.44. The molecule has 0 aliphatic carbocycles. The number of thiophene rings is 1. The normalized spacial score (nSPS) is 10.1. The molecule has 1 amide bonds. The standard InChI is InChI=1S/C9H10ClNO3S2/c10-7-2-1-6(16-7)9(14)11-3-4-15-5-8(12)13/h1-2H,3-5H2,(H,11,14)(H,12,13). The summed E-state index contributed by atoms with van der Waals surface area (Å²) in [7, 11) is 0. The first-order chi connectivity index (χ1) is 7.59. The Hall–Kier alpha value is -0.720. The summed E-state index contributed by atoms with van der Waals surface area (Å²) in [6, 6.07) is 3.33. The minimum Gasteiger partial charge on any atom is -0.481 e. The molecule has 4 nitrogen and oxygen atoms in total. The maximum atomic E-state index is 11.5. The summed E-state index contributed by atoms with van der Waals surface area (Å²) in [5, 5.41) is 11.1. The highest BCUT2D eigenvalue weighted by atomic mass is 35.5. The molecule has 1 rings (SSSR count). The van der Waals surface area contributed by atoms with Crippen LogP contribution in [0.15, 0.2) is 12.1 Å². The van der Waals surface area contributed by atoms with Crippen molar-refractivity contribution in [2.75, 3.05) is 18.1 Å². The number of rotatable bonds is 6. The quantitative estimate of drug-likeness (QED) is 0.781. The second kappa shape index (κ2) is 6.78. The molecule has 0 aromatic carbocycles. The SMILES string of the molecule is O=C(O)CSCCNC(=O)c1ccc(Cl)s1. The Kier molecular flexibility index (Phi) is 5.65. The highest BCUT2D eigenvalue weighted by Crippen LogP contribution is 2.20. The maximum absolute atomic E-state index is 11.5. The fraction of sp³-hybridized carbons (Fsp3) is 0.333. The first kappa shape index (κ1) is 13.3. The van der Waals surface area contributed by atoms with E-state index >= 15 is 0 Å². The molecule has 2 N–H and O–H groups in total. The Labute approximate surface area is 106 Å². The van der Waals surface area contributed by atoms with Crippen molar-refractivity contribution < 1.29 is 14.7 Å². The summed E-state index contributed by atoms with van der Waals surface area (Å²) < 4.78 is 0.574. The van der Waals surface area contributed by atoms with Crippen molar-refractivity contribution in [2.24, 2.45) is 0 Å². The number of carboxylic acid groups (broad SMARTS) is 1. The van der Waals surface area contributed by atoms with E-state index in [0.717, 1.165) is 0 Å². The smallest absolute Gasteiger partial charge is 0.313 e. The number of carbonyl (C=O) groups is 2. The van der Waals surface area contributed by atoms with Crippen molar-refractivity contribution in [3.8, 4) is 0 Å². The number of nitrogens with one attached hydrogen (secondary N) is 1. The largest absolute Gasteiger partial charge is 0.481 e. The fourth-order valence-electron chi connectivity index (χ4n) is 0.920. The van der Waals surface area contributed by atoms with E-state index < -0.39 is 5.97 Å². The molecule has 0 aliphatic heterocycles. The van der Waals surface area contributed by atoms with Gasteiger partial charge in [0.1, 0.15) is 0 Å². The highest BCUT2D eigenvalue weighted by molar-refractivity contribution is 7.99. The third-order valence-electron chi connectivity index (χ3n) is 1.55. The van der Waals surface area contributed by atoms with Crippen LogP contribution in [-0.4, -0.2) is 35.0 Å². The molecule has 0 fully saturated rings. The summed E-state index contributed by atoms with van der Waals surface area (Å²) in [6.07, 6.45) is 0. The molecule has 1 aromatic rings. The van der Waals surface area contributed by atoms with Crippen LogP contribution < -0.4 is 5.32 Å². The van der Waals surface area contributed by atoms with Crippen molar-refractivity contribution >= 4 is 46.6 Å².